The van der Waals surface area contributed by atoms with Crippen LogP contribution in [0.3, 0.4) is 0 Å². The number of hydrogen-bond donors (Lipinski definition) is 1. The van der Waals surface area contributed by atoms with Crippen LogP contribution >= 0.6 is 27.7 Å². The number of hydrogen-bond acceptors (Lipinski definition) is 4. The molecule has 0 amide bonds. The Balaban J connectivity index is 1.86. The van der Waals surface area contributed by atoms with Crippen LogP contribution in [0.5, 0.6) is 0 Å². The molecule has 0 radical (unpaired) electrons. The van der Waals surface area contributed by atoms with Crippen LogP contribution in [0.15, 0.2) is 46.9 Å². The quantitative estimate of drug-likeness (QED) is 0.630. The van der Waals surface area contributed by atoms with Gasteiger partial charge in [0.25, 0.3) is 5.69 Å². The molecule has 2 aromatic rings. The Morgan fingerprint density at radius 3 is 2.86 bits per heavy atom. The third-order valence-corrected chi connectivity index (χ3v) is 5.21. The summed E-state index contributed by atoms with van der Waals surface area (Å²) in [7, 11) is 0. The minimum Gasteiger partial charge on any atom is -0.376 e. The molecule has 21 heavy (non-hydrogen) atoms. The van der Waals surface area contributed by atoms with Crippen LogP contribution in [0.2, 0.25) is 0 Å². The zero-order valence-corrected chi connectivity index (χ0v) is 13.5. The summed E-state index contributed by atoms with van der Waals surface area (Å²) < 4.78 is 0.713. The molecule has 0 saturated carbocycles. The monoisotopic (exact) mass is 364 g/mol. The van der Waals surface area contributed by atoms with Gasteiger partial charge in [-0.2, -0.15) is 11.8 Å². The number of thioether (sulfide) groups is 1. The summed E-state index contributed by atoms with van der Waals surface area (Å²) in [5.74, 6) is 2.02. The Morgan fingerprint density at radius 1 is 1.29 bits per heavy atom. The second-order valence-corrected chi connectivity index (χ2v) is 6.72. The van der Waals surface area contributed by atoms with Gasteiger partial charge in [0.2, 0.25) is 0 Å². The molecule has 1 unspecified atom stereocenters. The number of nitrogens with one attached hydrogen (secondary N) is 1. The van der Waals surface area contributed by atoms with Gasteiger partial charge in [-0.15, -0.1) is 0 Å². The average molecular weight is 365 g/mol. The summed E-state index contributed by atoms with van der Waals surface area (Å²) in [6.07, 6.45) is 0. The van der Waals surface area contributed by atoms with E-state index in [0.717, 1.165) is 17.2 Å². The SMILES string of the molecule is O=[N+]([O-])c1ccc(NC2CSCc3ccccc32)c(Br)c1. The highest BCUT2D eigenvalue weighted by Crippen LogP contribution is 2.36. The molecule has 6 heteroatoms. The third kappa shape index (κ3) is 3.06. The number of halogens is 1. The number of anilines is 1. The van der Waals surface area contributed by atoms with Crippen molar-refractivity contribution in [1.29, 1.82) is 0 Å². The molecular weight excluding hydrogens is 352 g/mol. The molecule has 1 heterocycles. The molecule has 1 N–H and O–H groups in total. The smallest absolute Gasteiger partial charge is 0.270 e. The van der Waals surface area contributed by atoms with E-state index < -0.39 is 0 Å². The fourth-order valence-electron chi connectivity index (χ4n) is 2.42. The summed E-state index contributed by atoms with van der Waals surface area (Å²) in [5, 5.41) is 14.3. The minimum absolute atomic E-state index is 0.0887. The van der Waals surface area contributed by atoms with Gasteiger partial charge in [-0.3, -0.25) is 10.1 Å². The maximum absolute atomic E-state index is 10.8. The van der Waals surface area contributed by atoms with Gasteiger partial charge < -0.3 is 5.32 Å². The van der Waals surface area contributed by atoms with Crippen molar-refractivity contribution in [3.63, 3.8) is 0 Å². The maximum Gasteiger partial charge on any atom is 0.270 e. The molecule has 0 bridgehead atoms. The molecule has 0 spiro atoms. The lowest BCUT2D eigenvalue weighted by Gasteiger charge is -2.27. The molecule has 0 aliphatic carbocycles. The minimum atomic E-state index is -0.389. The topological polar surface area (TPSA) is 55.2 Å². The van der Waals surface area contributed by atoms with Gasteiger partial charge >= 0.3 is 0 Å². The number of rotatable bonds is 3. The summed E-state index contributed by atoms with van der Waals surface area (Å²) in [6, 6.07) is 13.4. The van der Waals surface area contributed by atoms with Gasteiger partial charge in [0.15, 0.2) is 0 Å². The van der Waals surface area contributed by atoms with Crippen molar-refractivity contribution in [2.24, 2.45) is 0 Å². The molecule has 0 aromatic heterocycles. The second-order valence-electron chi connectivity index (χ2n) is 4.83. The highest BCUT2D eigenvalue weighted by atomic mass is 79.9. The van der Waals surface area contributed by atoms with Crippen LogP contribution in [-0.4, -0.2) is 10.7 Å². The molecule has 3 rings (SSSR count). The van der Waals surface area contributed by atoms with E-state index in [9.17, 15) is 10.1 Å². The van der Waals surface area contributed by atoms with Crippen molar-refractivity contribution in [2.45, 2.75) is 11.8 Å². The number of nitrogens with zero attached hydrogens (tertiary/aromatic N) is 1. The van der Waals surface area contributed by atoms with Gasteiger partial charge in [-0.1, -0.05) is 24.3 Å². The first-order valence-electron chi connectivity index (χ1n) is 6.51. The lowest BCUT2D eigenvalue weighted by Crippen LogP contribution is -2.18. The molecule has 2 aromatic carbocycles. The Morgan fingerprint density at radius 2 is 2.10 bits per heavy atom. The summed E-state index contributed by atoms with van der Waals surface area (Å²) in [5.41, 5.74) is 3.62. The summed E-state index contributed by atoms with van der Waals surface area (Å²) in [4.78, 5) is 10.4. The van der Waals surface area contributed by atoms with Crippen molar-refractivity contribution in [1.82, 2.24) is 0 Å². The molecule has 1 aliphatic heterocycles. The van der Waals surface area contributed by atoms with Gasteiger partial charge in [-0.25, -0.2) is 0 Å². The van der Waals surface area contributed by atoms with Crippen LogP contribution in [-0.2, 0) is 5.75 Å². The number of nitro benzene ring substituents is 1. The van der Waals surface area contributed by atoms with Crippen molar-refractivity contribution in [3.05, 3.63) is 68.2 Å². The number of non-ortho nitro benzene ring substituents is 1. The molecule has 1 aliphatic rings. The van der Waals surface area contributed by atoms with E-state index in [-0.39, 0.29) is 16.7 Å². The van der Waals surface area contributed by atoms with E-state index in [2.05, 4.69) is 39.4 Å². The number of benzene rings is 2. The molecule has 0 saturated heterocycles. The molecule has 4 nitrogen and oxygen atoms in total. The van der Waals surface area contributed by atoms with Crippen molar-refractivity contribution in [3.8, 4) is 0 Å². The van der Waals surface area contributed by atoms with Crippen LogP contribution < -0.4 is 5.32 Å². The zero-order valence-electron chi connectivity index (χ0n) is 11.1. The standard InChI is InChI=1S/C15H13BrN2O2S/c16-13-7-11(18(19)20)5-6-14(13)17-15-9-21-8-10-3-1-2-4-12(10)15/h1-7,15,17H,8-9H2. The molecule has 0 fully saturated rings. The van der Waals surface area contributed by atoms with E-state index in [1.165, 1.54) is 23.3 Å². The van der Waals surface area contributed by atoms with E-state index in [0.29, 0.717) is 4.47 Å². The zero-order chi connectivity index (χ0) is 14.8. The van der Waals surface area contributed by atoms with Crippen LogP contribution in [0.1, 0.15) is 17.2 Å². The number of nitro groups is 1. The van der Waals surface area contributed by atoms with Crippen LogP contribution in [0, 0.1) is 10.1 Å². The van der Waals surface area contributed by atoms with E-state index >= 15 is 0 Å². The summed E-state index contributed by atoms with van der Waals surface area (Å²) >= 11 is 5.30. The normalized spacial score (nSPS) is 17.1. The third-order valence-electron chi connectivity index (χ3n) is 3.47. The molecule has 108 valence electrons. The first-order valence-corrected chi connectivity index (χ1v) is 8.46. The Bertz CT molecular complexity index is 693. The molecular formula is C15H13BrN2O2S. The van der Waals surface area contributed by atoms with Crippen molar-refractivity contribution in [2.75, 3.05) is 11.1 Å². The Labute approximate surface area is 135 Å². The molecule has 1 atom stereocenters. The highest BCUT2D eigenvalue weighted by molar-refractivity contribution is 9.10. The highest BCUT2D eigenvalue weighted by Gasteiger charge is 2.21. The fraction of sp³-hybridized carbons (Fsp3) is 0.200. The Kier molecular flexibility index (Phi) is 4.17. The van der Waals surface area contributed by atoms with Crippen LogP contribution in [0.4, 0.5) is 11.4 Å². The summed E-state index contributed by atoms with van der Waals surface area (Å²) in [6.45, 7) is 0. The van der Waals surface area contributed by atoms with Gasteiger partial charge in [0.05, 0.1) is 11.0 Å². The van der Waals surface area contributed by atoms with E-state index in [1.54, 1.807) is 6.07 Å². The first-order chi connectivity index (χ1) is 10.1. The van der Waals surface area contributed by atoms with Crippen molar-refractivity contribution < 1.29 is 4.92 Å². The predicted octanol–water partition coefficient (Wildman–Crippen LogP) is 4.76. The average Bonchev–Trinajstić information content (AvgIpc) is 2.49. The maximum atomic E-state index is 10.8. The number of fused-ring (bicyclic) bond motifs is 1. The predicted molar refractivity (Wildman–Crippen MR) is 89.8 cm³/mol. The van der Waals surface area contributed by atoms with Gasteiger partial charge in [0, 0.05) is 33.8 Å². The van der Waals surface area contributed by atoms with Crippen LogP contribution in [0.25, 0.3) is 0 Å². The Hall–Kier alpha value is -1.53. The fourth-order valence-corrected chi connectivity index (χ4v) is 4.00. The van der Waals surface area contributed by atoms with Crippen molar-refractivity contribution >= 4 is 39.1 Å². The first kappa shape index (κ1) is 14.4. The largest absolute Gasteiger partial charge is 0.376 e. The lowest BCUT2D eigenvalue weighted by atomic mass is 10.0. The second kappa shape index (κ2) is 6.07. The van der Waals surface area contributed by atoms with Gasteiger partial charge in [-0.05, 0) is 33.1 Å². The van der Waals surface area contributed by atoms with Gasteiger partial charge in [0.1, 0.15) is 0 Å². The van der Waals surface area contributed by atoms with E-state index in [4.69, 9.17) is 0 Å². The lowest BCUT2D eigenvalue weighted by molar-refractivity contribution is -0.384. The van der Waals surface area contributed by atoms with E-state index in [1.807, 2.05) is 17.8 Å².